The van der Waals surface area contributed by atoms with Gasteiger partial charge in [-0.05, 0) is 31.5 Å². The molecule has 2 N–H and O–H groups in total. The van der Waals surface area contributed by atoms with E-state index in [2.05, 4.69) is 15.7 Å². The normalized spacial score (nSPS) is 14.2. The average Bonchev–Trinajstić information content (AvgIpc) is 2.84. The van der Waals surface area contributed by atoms with Gasteiger partial charge >= 0.3 is 6.03 Å². The van der Waals surface area contributed by atoms with Crippen molar-refractivity contribution in [1.82, 2.24) is 15.1 Å². The number of nitrogens with zero attached hydrogens (tertiary/aromatic N) is 2. The molecule has 23 heavy (non-hydrogen) atoms. The van der Waals surface area contributed by atoms with E-state index in [-0.39, 0.29) is 12.1 Å². The summed E-state index contributed by atoms with van der Waals surface area (Å²) in [6.45, 7) is 4.89. The van der Waals surface area contributed by atoms with Gasteiger partial charge in [0.25, 0.3) is 0 Å². The van der Waals surface area contributed by atoms with Crippen LogP contribution in [-0.4, -0.2) is 29.0 Å². The largest absolute Gasteiger partial charge is 0.486 e. The van der Waals surface area contributed by atoms with Crippen LogP contribution in [-0.2, 0) is 7.05 Å². The van der Waals surface area contributed by atoms with E-state index in [0.717, 1.165) is 17.0 Å². The summed E-state index contributed by atoms with van der Waals surface area (Å²) in [5, 5.41) is 9.88. The van der Waals surface area contributed by atoms with Gasteiger partial charge in [0.2, 0.25) is 0 Å². The van der Waals surface area contributed by atoms with E-state index in [1.54, 1.807) is 11.7 Å². The Morgan fingerprint density at radius 2 is 2.00 bits per heavy atom. The minimum absolute atomic E-state index is 0.167. The molecule has 0 aliphatic carbocycles. The third kappa shape index (κ3) is 3.39. The lowest BCUT2D eigenvalue weighted by atomic mass is 10.1. The number of ether oxygens (including phenoxy) is 2. The number of hydrogen-bond donors (Lipinski definition) is 2. The molecule has 0 bridgehead atoms. The molecule has 7 heteroatoms. The fraction of sp³-hybridized carbons (Fsp3) is 0.375. The molecule has 0 unspecified atom stereocenters. The number of carbonyl (C=O) groups excluding carboxylic acids is 1. The van der Waals surface area contributed by atoms with E-state index in [1.165, 1.54) is 0 Å². The number of benzene rings is 1. The molecule has 0 spiro atoms. The zero-order chi connectivity index (χ0) is 16.4. The highest BCUT2D eigenvalue weighted by Gasteiger charge is 2.16. The van der Waals surface area contributed by atoms with E-state index in [9.17, 15) is 4.79 Å². The second-order valence-electron chi connectivity index (χ2n) is 5.52. The molecular formula is C16H20N4O3. The van der Waals surface area contributed by atoms with E-state index in [0.29, 0.717) is 24.8 Å². The van der Waals surface area contributed by atoms with Gasteiger partial charge in [-0.3, -0.25) is 10.00 Å². The van der Waals surface area contributed by atoms with Crippen molar-refractivity contribution in [2.75, 3.05) is 18.5 Å². The number of anilines is 1. The summed E-state index contributed by atoms with van der Waals surface area (Å²) in [6.07, 6.45) is 0. The molecular weight excluding hydrogens is 296 g/mol. The average molecular weight is 316 g/mol. The molecule has 1 aliphatic rings. The van der Waals surface area contributed by atoms with E-state index >= 15 is 0 Å². The third-order valence-corrected chi connectivity index (χ3v) is 3.66. The monoisotopic (exact) mass is 316 g/mol. The summed E-state index contributed by atoms with van der Waals surface area (Å²) in [6, 6.07) is 7.05. The predicted octanol–water partition coefficient (Wildman–Crippen LogP) is 2.38. The van der Waals surface area contributed by atoms with Crippen LogP contribution in [0, 0.1) is 6.92 Å². The Kier molecular flexibility index (Phi) is 4.10. The van der Waals surface area contributed by atoms with Gasteiger partial charge in [0.15, 0.2) is 11.5 Å². The maximum Gasteiger partial charge on any atom is 0.320 e. The lowest BCUT2D eigenvalue weighted by Crippen LogP contribution is -2.31. The molecule has 1 aromatic heterocycles. The first-order valence-corrected chi connectivity index (χ1v) is 7.50. The van der Waals surface area contributed by atoms with Crippen LogP contribution in [0.2, 0.25) is 0 Å². The highest BCUT2D eigenvalue weighted by atomic mass is 16.6. The molecule has 2 heterocycles. The summed E-state index contributed by atoms with van der Waals surface area (Å²) in [5.41, 5.74) is 1.80. The van der Waals surface area contributed by atoms with Crippen molar-refractivity contribution in [1.29, 1.82) is 0 Å². The number of aromatic nitrogens is 2. The molecule has 0 saturated carbocycles. The summed E-state index contributed by atoms with van der Waals surface area (Å²) >= 11 is 0. The van der Waals surface area contributed by atoms with Gasteiger partial charge in [-0.25, -0.2) is 4.79 Å². The van der Waals surface area contributed by atoms with Crippen LogP contribution >= 0.6 is 0 Å². The third-order valence-electron chi connectivity index (χ3n) is 3.66. The first kappa shape index (κ1) is 15.2. The molecule has 2 aromatic rings. The van der Waals surface area contributed by atoms with Crippen LogP contribution in [0.15, 0.2) is 24.3 Å². The zero-order valence-electron chi connectivity index (χ0n) is 13.4. The fourth-order valence-electron chi connectivity index (χ4n) is 2.49. The van der Waals surface area contributed by atoms with Crippen LogP contribution in [0.3, 0.4) is 0 Å². The molecule has 2 amide bonds. The van der Waals surface area contributed by atoms with Crippen molar-refractivity contribution in [2.24, 2.45) is 7.05 Å². The molecule has 1 aliphatic heterocycles. The van der Waals surface area contributed by atoms with Crippen LogP contribution in [0.1, 0.15) is 24.2 Å². The fourth-order valence-corrected chi connectivity index (χ4v) is 2.49. The number of amides is 2. The number of hydrogen-bond acceptors (Lipinski definition) is 4. The van der Waals surface area contributed by atoms with Crippen molar-refractivity contribution in [3.8, 4) is 11.5 Å². The standard InChI is InChI=1S/C16H20N4O3/c1-10-8-15(20(3)19-10)18-16(21)17-11(2)12-4-5-13-14(9-12)23-7-6-22-13/h4-5,8-9,11H,6-7H2,1-3H3,(H2,17,18,21)/t11-/m0/s1. The smallest absolute Gasteiger partial charge is 0.320 e. The lowest BCUT2D eigenvalue weighted by molar-refractivity contribution is 0.171. The van der Waals surface area contributed by atoms with Crippen molar-refractivity contribution in [3.63, 3.8) is 0 Å². The Morgan fingerprint density at radius 3 is 2.70 bits per heavy atom. The minimum atomic E-state index is -0.282. The Hall–Kier alpha value is -2.70. The van der Waals surface area contributed by atoms with E-state index in [1.807, 2.05) is 38.1 Å². The van der Waals surface area contributed by atoms with Crippen LogP contribution in [0.25, 0.3) is 0 Å². The van der Waals surface area contributed by atoms with Crippen molar-refractivity contribution < 1.29 is 14.3 Å². The number of carbonyl (C=O) groups is 1. The van der Waals surface area contributed by atoms with Gasteiger partial charge in [0.05, 0.1) is 11.7 Å². The lowest BCUT2D eigenvalue weighted by Gasteiger charge is -2.21. The van der Waals surface area contributed by atoms with E-state index < -0.39 is 0 Å². The number of urea groups is 1. The van der Waals surface area contributed by atoms with Gasteiger partial charge in [-0.1, -0.05) is 6.07 Å². The molecule has 122 valence electrons. The van der Waals surface area contributed by atoms with Gasteiger partial charge in [0, 0.05) is 13.1 Å². The first-order chi connectivity index (χ1) is 11.0. The molecule has 0 radical (unpaired) electrons. The van der Waals surface area contributed by atoms with Gasteiger partial charge in [-0.2, -0.15) is 5.10 Å². The summed E-state index contributed by atoms with van der Waals surface area (Å²) in [4.78, 5) is 12.1. The van der Waals surface area contributed by atoms with Crippen molar-refractivity contribution >= 4 is 11.8 Å². The topological polar surface area (TPSA) is 77.4 Å². The Morgan fingerprint density at radius 1 is 1.26 bits per heavy atom. The maximum absolute atomic E-state index is 12.1. The second kappa shape index (κ2) is 6.20. The van der Waals surface area contributed by atoms with Gasteiger partial charge in [0.1, 0.15) is 19.0 Å². The molecule has 1 atom stereocenters. The molecule has 3 rings (SSSR count). The molecule has 0 fully saturated rings. The van der Waals surface area contributed by atoms with Gasteiger partial charge < -0.3 is 14.8 Å². The minimum Gasteiger partial charge on any atom is -0.486 e. The Balaban J connectivity index is 1.65. The van der Waals surface area contributed by atoms with Crippen LogP contribution in [0.4, 0.5) is 10.6 Å². The molecule has 0 saturated heterocycles. The van der Waals surface area contributed by atoms with Crippen LogP contribution in [0.5, 0.6) is 11.5 Å². The quantitative estimate of drug-likeness (QED) is 0.911. The summed E-state index contributed by atoms with van der Waals surface area (Å²) < 4.78 is 12.7. The Bertz CT molecular complexity index is 726. The van der Waals surface area contributed by atoms with Crippen LogP contribution < -0.4 is 20.1 Å². The van der Waals surface area contributed by atoms with Crippen molar-refractivity contribution in [2.45, 2.75) is 19.9 Å². The maximum atomic E-state index is 12.1. The highest BCUT2D eigenvalue weighted by molar-refractivity contribution is 5.88. The summed E-state index contributed by atoms with van der Waals surface area (Å²) in [7, 11) is 1.78. The second-order valence-corrected chi connectivity index (χ2v) is 5.52. The number of aryl methyl sites for hydroxylation is 2. The predicted molar refractivity (Wildman–Crippen MR) is 85.9 cm³/mol. The Labute approximate surface area is 134 Å². The first-order valence-electron chi connectivity index (χ1n) is 7.50. The zero-order valence-corrected chi connectivity index (χ0v) is 13.4. The van der Waals surface area contributed by atoms with Gasteiger partial charge in [-0.15, -0.1) is 0 Å². The number of fused-ring (bicyclic) bond motifs is 1. The highest BCUT2D eigenvalue weighted by Crippen LogP contribution is 2.32. The molecule has 7 nitrogen and oxygen atoms in total. The van der Waals surface area contributed by atoms with E-state index in [4.69, 9.17) is 9.47 Å². The summed E-state index contributed by atoms with van der Waals surface area (Å²) in [5.74, 6) is 2.10. The number of rotatable bonds is 3. The SMILES string of the molecule is Cc1cc(NC(=O)N[C@@H](C)c2ccc3c(c2)OCCO3)n(C)n1. The number of nitrogens with one attached hydrogen (secondary N) is 2. The van der Waals surface area contributed by atoms with Crippen molar-refractivity contribution in [3.05, 3.63) is 35.5 Å². The molecule has 1 aromatic carbocycles.